The van der Waals surface area contributed by atoms with Crippen molar-refractivity contribution in [3.05, 3.63) is 35.4 Å². The topological polar surface area (TPSA) is 20.3 Å². The first-order chi connectivity index (χ1) is 9.95. The van der Waals surface area contributed by atoms with Crippen LogP contribution in [0.5, 0.6) is 0 Å². The molecule has 21 heavy (non-hydrogen) atoms. The zero-order valence-electron chi connectivity index (χ0n) is 13.4. The lowest BCUT2D eigenvalue weighted by Crippen LogP contribution is -2.41. The van der Waals surface area contributed by atoms with Crippen molar-refractivity contribution in [3.63, 3.8) is 0 Å². The minimum atomic E-state index is -0.0119. The molecule has 0 aliphatic carbocycles. The Morgan fingerprint density at radius 2 is 1.95 bits per heavy atom. The molecule has 1 aromatic rings. The van der Waals surface area contributed by atoms with E-state index in [1.165, 1.54) is 12.8 Å². The van der Waals surface area contributed by atoms with E-state index in [1.54, 1.807) is 0 Å². The summed E-state index contributed by atoms with van der Waals surface area (Å²) < 4.78 is 0. The quantitative estimate of drug-likeness (QED) is 0.703. The van der Waals surface area contributed by atoms with E-state index < -0.39 is 0 Å². The lowest BCUT2D eigenvalue weighted by molar-refractivity contribution is 0.0699. The third-order valence-corrected chi connectivity index (χ3v) is 5.03. The van der Waals surface area contributed by atoms with Crippen molar-refractivity contribution < 1.29 is 4.79 Å². The molecular formula is C18H26BrNO. The predicted octanol–water partition coefficient (Wildman–Crippen LogP) is 4.76. The SMILES string of the molecule is CC(C)(C)c1ccccc1C(=O)N1CCCCCC1CBr. The van der Waals surface area contributed by atoms with Crippen molar-refractivity contribution in [2.24, 2.45) is 0 Å². The number of hydrogen-bond acceptors (Lipinski definition) is 1. The molecule has 1 saturated heterocycles. The van der Waals surface area contributed by atoms with E-state index in [0.29, 0.717) is 6.04 Å². The molecule has 0 N–H and O–H groups in total. The molecule has 1 heterocycles. The van der Waals surface area contributed by atoms with E-state index in [4.69, 9.17) is 0 Å². The number of carbonyl (C=O) groups excluding carboxylic acids is 1. The Morgan fingerprint density at radius 1 is 1.24 bits per heavy atom. The summed E-state index contributed by atoms with van der Waals surface area (Å²) in [5.74, 6) is 0.201. The van der Waals surface area contributed by atoms with Crippen LogP contribution in [0.15, 0.2) is 24.3 Å². The van der Waals surface area contributed by atoms with Gasteiger partial charge >= 0.3 is 0 Å². The van der Waals surface area contributed by atoms with E-state index in [9.17, 15) is 4.79 Å². The largest absolute Gasteiger partial charge is 0.335 e. The zero-order valence-corrected chi connectivity index (χ0v) is 14.9. The molecular weight excluding hydrogens is 326 g/mol. The first-order valence-corrected chi connectivity index (χ1v) is 9.03. The summed E-state index contributed by atoms with van der Waals surface area (Å²) in [7, 11) is 0. The average Bonchev–Trinajstić information content (AvgIpc) is 2.70. The van der Waals surface area contributed by atoms with Crippen LogP contribution in [0.2, 0.25) is 0 Å². The van der Waals surface area contributed by atoms with Crippen molar-refractivity contribution in [3.8, 4) is 0 Å². The molecule has 1 amide bonds. The maximum Gasteiger partial charge on any atom is 0.254 e. The maximum absolute atomic E-state index is 13.1. The first kappa shape index (κ1) is 16.5. The Morgan fingerprint density at radius 3 is 2.62 bits per heavy atom. The minimum absolute atomic E-state index is 0.0119. The van der Waals surface area contributed by atoms with Gasteiger partial charge in [-0.05, 0) is 29.9 Å². The van der Waals surface area contributed by atoms with Gasteiger partial charge in [0.05, 0.1) is 0 Å². The van der Waals surface area contributed by atoms with Crippen LogP contribution in [0.1, 0.15) is 62.4 Å². The second-order valence-corrected chi connectivity index (χ2v) is 7.60. The second-order valence-electron chi connectivity index (χ2n) is 6.95. The number of likely N-dealkylation sites (tertiary alicyclic amines) is 1. The van der Waals surface area contributed by atoms with Gasteiger partial charge in [0.2, 0.25) is 0 Å². The molecule has 1 aliphatic rings. The molecule has 1 fully saturated rings. The average molecular weight is 352 g/mol. The Bertz CT molecular complexity index is 492. The molecule has 0 aromatic heterocycles. The second kappa shape index (κ2) is 6.95. The molecule has 3 heteroatoms. The molecule has 2 nitrogen and oxygen atoms in total. The van der Waals surface area contributed by atoms with E-state index in [1.807, 2.05) is 18.2 Å². The summed E-state index contributed by atoms with van der Waals surface area (Å²) in [4.78, 5) is 15.2. The number of carbonyl (C=O) groups is 1. The molecule has 116 valence electrons. The summed E-state index contributed by atoms with van der Waals surface area (Å²) >= 11 is 3.59. The standard InChI is InChI=1S/C18H26BrNO/c1-18(2,3)16-11-7-6-10-15(16)17(21)20-12-8-4-5-9-14(20)13-19/h6-7,10-11,14H,4-5,8-9,12-13H2,1-3H3. The van der Waals surface area contributed by atoms with E-state index in [0.717, 1.165) is 35.8 Å². The number of halogens is 1. The predicted molar refractivity (Wildman–Crippen MR) is 92.2 cm³/mol. The number of hydrogen-bond donors (Lipinski definition) is 0. The van der Waals surface area contributed by atoms with Gasteiger partial charge in [-0.1, -0.05) is 67.7 Å². The van der Waals surface area contributed by atoms with Gasteiger partial charge in [0.1, 0.15) is 0 Å². The fourth-order valence-electron chi connectivity index (χ4n) is 3.08. The molecule has 0 spiro atoms. The third kappa shape index (κ3) is 3.88. The van der Waals surface area contributed by atoms with E-state index >= 15 is 0 Å². The fraction of sp³-hybridized carbons (Fsp3) is 0.611. The normalized spacial score (nSPS) is 20.2. The molecule has 1 aliphatic heterocycles. The number of amides is 1. The summed E-state index contributed by atoms with van der Waals surface area (Å²) in [6, 6.07) is 8.41. The highest BCUT2D eigenvalue weighted by Gasteiger charge is 2.29. The van der Waals surface area contributed by atoms with Gasteiger partial charge < -0.3 is 4.90 Å². The van der Waals surface area contributed by atoms with Crippen LogP contribution in [-0.2, 0) is 5.41 Å². The molecule has 0 saturated carbocycles. The zero-order chi connectivity index (χ0) is 15.5. The van der Waals surface area contributed by atoms with Crippen molar-refractivity contribution in [2.45, 2.75) is 57.9 Å². The highest BCUT2D eigenvalue weighted by molar-refractivity contribution is 9.09. The van der Waals surface area contributed by atoms with Crippen LogP contribution < -0.4 is 0 Å². The smallest absolute Gasteiger partial charge is 0.254 e. The summed E-state index contributed by atoms with van der Waals surface area (Å²) in [5.41, 5.74) is 2.01. The van der Waals surface area contributed by atoms with Crippen LogP contribution in [0.4, 0.5) is 0 Å². The van der Waals surface area contributed by atoms with Gasteiger partial charge in [0.15, 0.2) is 0 Å². The van der Waals surface area contributed by atoms with Crippen LogP contribution in [-0.4, -0.2) is 28.7 Å². The highest BCUT2D eigenvalue weighted by atomic mass is 79.9. The van der Waals surface area contributed by atoms with Crippen molar-refractivity contribution in [1.29, 1.82) is 0 Å². The van der Waals surface area contributed by atoms with Crippen LogP contribution in [0, 0.1) is 0 Å². The van der Waals surface area contributed by atoms with Crippen molar-refractivity contribution in [1.82, 2.24) is 4.90 Å². The Balaban J connectivity index is 2.34. The lowest BCUT2D eigenvalue weighted by atomic mass is 9.83. The summed E-state index contributed by atoms with van der Waals surface area (Å²) in [6.45, 7) is 7.39. The van der Waals surface area contributed by atoms with E-state index in [-0.39, 0.29) is 11.3 Å². The molecule has 1 aromatic carbocycles. The number of benzene rings is 1. The number of alkyl halides is 1. The summed E-state index contributed by atoms with van der Waals surface area (Å²) in [6.07, 6.45) is 4.68. The molecule has 0 radical (unpaired) electrons. The minimum Gasteiger partial charge on any atom is -0.335 e. The van der Waals surface area contributed by atoms with Crippen LogP contribution in [0.25, 0.3) is 0 Å². The third-order valence-electron chi connectivity index (χ3n) is 4.28. The molecule has 2 rings (SSSR count). The number of nitrogens with zero attached hydrogens (tertiary/aromatic N) is 1. The van der Waals surface area contributed by atoms with Gasteiger partial charge in [0.25, 0.3) is 5.91 Å². The fourth-order valence-corrected chi connectivity index (χ4v) is 3.76. The van der Waals surface area contributed by atoms with Gasteiger partial charge in [-0.2, -0.15) is 0 Å². The Kier molecular flexibility index (Phi) is 5.48. The van der Waals surface area contributed by atoms with Gasteiger partial charge in [-0.25, -0.2) is 0 Å². The maximum atomic E-state index is 13.1. The monoisotopic (exact) mass is 351 g/mol. The van der Waals surface area contributed by atoms with Gasteiger partial charge in [-0.3, -0.25) is 4.79 Å². The van der Waals surface area contributed by atoms with Crippen molar-refractivity contribution in [2.75, 3.05) is 11.9 Å². The number of rotatable bonds is 2. The molecule has 0 bridgehead atoms. The lowest BCUT2D eigenvalue weighted by Gasteiger charge is -2.31. The highest BCUT2D eigenvalue weighted by Crippen LogP contribution is 2.28. The molecule has 1 unspecified atom stereocenters. The van der Waals surface area contributed by atoms with E-state index in [2.05, 4.69) is 47.7 Å². The Hall–Kier alpha value is -0.830. The van der Waals surface area contributed by atoms with Crippen molar-refractivity contribution >= 4 is 21.8 Å². The first-order valence-electron chi connectivity index (χ1n) is 7.91. The summed E-state index contributed by atoms with van der Waals surface area (Å²) in [5, 5.41) is 0.871. The van der Waals surface area contributed by atoms with Gasteiger partial charge in [0, 0.05) is 23.5 Å². The van der Waals surface area contributed by atoms with Crippen LogP contribution in [0.3, 0.4) is 0 Å². The van der Waals surface area contributed by atoms with Gasteiger partial charge in [-0.15, -0.1) is 0 Å². The Labute approximate surface area is 137 Å². The van der Waals surface area contributed by atoms with Crippen LogP contribution >= 0.6 is 15.9 Å². The molecule has 1 atom stereocenters.